The van der Waals surface area contributed by atoms with E-state index in [2.05, 4.69) is 10.3 Å². The van der Waals surface area contributed by atoms with E-state index in [1.54, 1.807) is 18.3 Å². The van der Waals surface area contributed by atoms with Gasteiger partial charge in [-0.25, -0.2) is 0 Å². The quantitative estimate of drug-likeness (QED) is 0.516. The third-order valence-corrected chi connectivity index (χ3v) is 4.32. The minimum Gasteiger partial charge on any atom is -0.360 e. The summed E-state index contributed by atoms with van der Waals surface area (Å²) in [6, 6.07) is 11.5. The van der Waals surface area contributed by atoms with Gasteiger partial charge in [0.1, 0.15) is 0 Å². The normalized spacial score (nSPS) is 12.1. The summed E-state index contributed by atoms with van der Waals surface area (Å²) in [5.74, 6) is -0.293. The predicted octanol–water partition coefficient (Wildman–Crippen LogP) is 4.61. The molecule has 0 aliphatic heterocycles. The maximum absolute atomic E-state index is 12.7. The van der Waals surface area contributed by atoms with Crippen molar-refractivity contribution in [3.63, 3.8) is 0 Å². The topological polar surface area (TPSA) is 88.0 Å². The first kappa shape index (κ1) is 17.0. The van der Waals surface area contributed by atoms with Crippen molar-refractivity contribution in [3.05, 3.63) is 74.9 Å². The summed E-state index contributed by atoms with van der Waals surface area (Å²) in [4.78, 5) is 26.2. The molecule has 0 saturated heterocycles. The first-order valence-electron chi connectivity index (χ1n) is 7.81. The zero-order chi connectivity index (χ0) is 18.0. The molecule has 6 nitrogen and oxygen atoms in total. The van der Waals surface area contributed by atoms with E-state index in [1.165, 1.54) is 12.1 Å². The molecule has 1 heterocycles. The number of nitro groups is 1. The molecule has 3 rings (SSSR count). The molecule has 2 N–H and O–H groups in total. The van der Waals surface area contributed by atoms with Crippen molar-refractivity contribution in [2.45, 2.75) is 19.4 Å². The van der Waals surface area contributed by atoms with E-state index < -0.39 is 4.92 Å². The zero-order valence-corrected chi connectivity index (χ0v) is 14.2. The Labute approximate surface area is 149 Å². The van der Waals surface area contributed by atoms with Gasteiger partial charge in [0.25, 0.3) is 11.6 Å². The summed E-state index contributed by atoms with van der Waals surface area (Å²) in [7, 11) is 0. The standard InChI is InChI=1S/C18H16ClN3O3/c1-2-16(11-4-3-5-12(19)8-11)21-18(23)15-10-20-17-7-6-13(22(24)25)9-14(15)17/h3-10,16,20H,2H2,1H3,(H,21,23). The van der Waals surface area contributed by atoms with E-state index in [4.69, 9.17) is 11.6 Å². The molecule has 1 atom stereocenters. The number of amides is 1. The Morgan fingerprint density at radius 3 is 2.80 bits per heavy atom. The van der Waals surface area contributed by atoms with Crippen LogP contribution in [0, 0.1) is 10.1 Å². The molecule has 0 saturated carbocycles. The van der Waals surface area contributed by atoms with E-state index in [-0.39, 0.29) is 17.6 Å². The van der Waals surface area contributed by atoms with Gasteiger partial charge in [-0.15, -0.1) is 0 Å². The highest BCUT2D eigenvalue weighted by molar-refractivity contribution is 6.30. The van der Waals surface area contributed by atoms with Crippen LogP contribution in [0.1, 0.15) is 35.3 Å². The number of H-pyrrole nitrogens is 1. The van der Waals surface area contributed by atoms with Gasteiger partial charge in [0.05, 0.1) is 16.5 Å². The SMILES string of the molecule is CCC(NC(=O)c1c[nH]c2ccc([N+](=O)[O-])cc12)c1cccc(Cl)c1. The van der Waals surface area contributed by atoms with Crippen LogP contribution in [0.2, 0.25) is 5.02 Å². The number of nitrogens with one attached hydrogen (secondary N) is 2. The van der Waals surface area contributed by atoms with E-state index in [0.29, 0.717) is 27.9 Å². The molecular formula is C18H16ClN3O3. The third-order valence-electron chi connectivity index (χ3n) is 4.09. The Balaban J connectivity index is 1.91. The van der Waals surface area contributed by atoms with Crippen LogP contribution in [0.3, 0.4) is 0 Å². The molecule has 0 radical (unpaired) electrons. The minimum atomic E-state index is -0.477. The predicted molar refractivity (Wildman–Crippen MR) is 96.9 cm³/mol. The highest BCUT2D eigenvalue weighted by Crippen LogP contribution is 2.25. The number of halogens is 1. The van der Waals surface area contributed by atoms with Crippen molar-refractivity contribution in [2.75, 3.05) is 0 Å². The van der Waals surface area contributed by atoms with Gasteiger partial charge in [0.15, 0.2) is 0 Å². The fourth-order valence-electron chi connectivity index (χ4n) is 2.79. The van der Waals surface area contributed by atoms with Gasteiger partial charge in [-0.2, -0.15) is 0 Å². The maximum atomic E-state index is 12.7. The summed E-state index contributed by atoms with van der Waals surface area (Å²) < 4.78 is 0. The van der Waals surface area contributed by atoms with E-state index in [9.17, 15) is 14.9 Å². The molecule has 3 aromatic rings. The van der Waals surface area contributed by atoms with Crippen LogP contribution in [0.4, 0.5) is 5.69 Å². The molecule has 0 fully saturated rings. The summed E-state index contributed by atoms with van der Waals surface area (Å²) >= 11 is 6.03. The summed E-state index contributed by atoms with van der Waals surface area (Å²) in [5, 5.41) is 15.1. The Morgan fingerprint density at radius 1 is 1.32 bits per heavy atom. The smallest absolute Gasteiger partial charge is 0.270 e. The molecule has 7 heteroatoms. The fourth-order valence-corrected chi connectivity index (χ4v) is 2.99. The number of fused-ring (bicyclic) bond motifs is 1. The Bertz CT molecular complexity index is 952. The van der Waals surface area contributed by atoms with Gasteiger partial charge in [-0.3, -0.25) is 14.9 Å². The van der Waals surface area contributed by atoms with Crippen LogP contribution in [0.5, 0.6) is 0 Å². The molecule has 0 aliphatic carbocycles. The van der Waals surface area contributed by atoms with Crippen molar-refractivity contribution in [2.24, 2.45) is 0 Å². The molecule has 0 spiro atoms. The first-order valence-corrected chi connectivity index (χ1v) is 8.19. The van der Waals surface area contributed by atoms with Gasteiger partial charge in [-0.05, 0) is 30.2 Å². The molecule has 0 aliphatic rings. The van der Waals surface area contributed by atoms with Crippen molar-refractivity contribution >= 4 is 34.1 Å². The maximum Gasteiger partial charge on any atom is 0.270 e. The van der Waals surface area contributed by atoms with Crippen molar-refractivity contribution < 1.29 is 9.72 Å². The molecule has 1 aromatic heterocycles. The number of non-ortho nitro benzene ring substituents is 1. The summed E-state index contributed by atoms with van der Waals surface area (Å²) in [6.45, 7) is 1.96. The van der Waals surface area contributed by atoms with Crippen LogP contribution in [0.15, 0.2) is 48.7 Å². The molecule has 1 unspecified atom stereocenters. The highest BCUT2D eigenvalue weighted by Gasteiger charge is 2.19. The van der Waals surface area contributed by atoms with E-state index >= 15 is 0 Å². The Kier molecular flexibility index (Phi) is 4.72. The monoisotopic (exact) mass is 357 g/mol. The average molecular weight is 358 g/mol. The number of nitro benzene ring substituents is 1. The largest absolute Gasteiger partial charge is 0.360 e. The highest BCUT2D eigenvalue weighted by atomic mass is 35.5. The minimum absolute atomic E-state index is 0.0527. The number of carbonyl (C=O) groups excluding carboxylic acids is 1. The molecule has 25 heavy (non-hydrogen) atoms. The first-order chi connectivity index (χ1) is 12.0. The lowest BCUT2D eigenvalue weighted by molar-refractivity contribution is -0.384. The number of rotatable bonds is 5. The van der Waals surface area contributed by atoms with Crippen LogP contribution in [-0.2, 0) is 0 Å². The Hall–Kier alpha value is -2.86. The Morgan fingerprint density at radius 2 is 2.12 bits per heavy atom. The van der Waals surface area contributed by atoms with Gasteiger partial charge in [-0.1, -0.05) is 30.7 Å². The number of aromatic nitrogens is 1. The second-order valence-corrected chi connectivity index (χ2v) is 6.12. The van der Waals surface area contributed by atoms with Crippen LogP contribution in [0.25, 0.3) is 10.9 Å². The van der Waals surface area contributed by atoms with Crippen LogP contribution < -0.4 is 5.32 Å². The van der Waals surface area contributed by atoms with E-state index in [1.807, 2.05) is 25.1 Å². The summed E-state index contributed by atoms with van der Waals surface area (Å²) in [5.41, 5.74) is 1.91. The molecular weight excluding hydrogens is 342 g/mol. The number of nitrogens with zero attached hydrogens (tertiary/aromatic N) is 1. The zero-order valence-electron chi connectivity index (χ0n) is 13.5. The number of aromatic amines is 1. The second-order valence-electron chi connectivity index (χ2n) is 5.68. The number of benzene rings is 2. The third kappa shape index (κ3) is 3.49. The number of carbonyl (C=O) groups is 1. The molecule has 0 bridgehead atoms. The van der Waals surface area contributed by atoms with Crippen molar-refractivity contribution in [3.8, 4) is 0 Å². The molecule has 128 valence electrons. The number of hydrogen-bond donors (Lipinski definition) is 2. The lowest BCUT2D eigenvalue weighted by atomic mass is 10.0. The van der Waals surface area contributed by atoms with Gasteiger partial charge < -0.3 is 10.3 Å². The fraction of sp³-hybridized carbons (Fsp3) is 0.167. The summed E-state index contributed by atoms with van der Waals surface area (Å²) in [6.07, 6.45) is 2.25. The van der Waals surface area contributed by atoms with E-state index in [0.717, 1.165) is 5.56 Å². The molecule has 1 amide bonds. The second kappa shape index (κ2) is 6.94. The van der Waals surface area contributed by atoms with Crippen molar-refractivity contribution in [1.29, 1.82) is 0 Å². The lowest BCUT2D eigenvalue weighted by Gasteiger charge is -2.17. The van der Waals surface area contributed by atoms with Gasteiger partial charge in [0.2, 0.25) is 0 Å². The molecule has 2 aromatic carbocycles. The van der Waals surface area contributed by atoms with Crippen LogP contribution >= 0.6 is 11.6 Å². The number of hydrogen-bond acceptors (Lipinski definition) is 3. The lowest BCUT2D eigenvalue weighted by Crippen LogP contribution is -2.28. The van der Waals surface area contributed by atoms with Gasteiger partial charge >= 0.3 is 0 Å². The van der Waals surface area contributed by atoms with Gasteiger partial charge in [0, 0.05) is 34.3 Å². The van der Waals surface area contributed by atoms with Crippen LogP contribution in [-0.4, -0.2) is 15.8 Å². The van der Waals surface area contributed by atoms with Crippen molar-refractivity contribution in [1.82, 2.24) is 10.3 Å². The average Bonchev–Trinajstić information content (AvgIpc) is 3.02.